The van der Waals surface area contributed by atoms with Crippen molar-refractivity contribution in [2.24, 2.45) is 11.1 Å². The van der Waals surface area contributed by atoms with Gasteiger partial charge in [0.15, 0.2) is 0 Å². The van der Waals surface area contributed by atoms with Crippen LogP contribution in [0.1, 0.15) is 35.2 Å². The molecule has 0 radical (unpaired) electrons. The van der Waals surface area contributed by atoms with E-state index in [1.165, 1.54) is 12.8 Å². The normalized spacial score (nSPS) is 18.0. The smallest absolute Gasteiger partial charge is 0.251 e. The quantitative estimate of drug-likeness (QED) is 0.704. The number of halogens is 1. The van der Waals surface area contributed by atoms with Crippen LogP contribution in [0.4, 0.5) is 0 Å². The molecule has 1 aliphatic heterocycles. The van der Waals surface area contributed by atoms with Gasteiger partial charge in [-0.15, -0.1) is 12.4 Å². The highest BCUT2D eigenvalue weighted by Gasteiger charge is 2.14. The third-order valence-corrected chi connectivity index (χ3v) is 4.53. The number of carbonyl (C=O) groups is 1. The van der Waals surface area contributed by atoms with E-state index in [0.717, 1.165) is 19.5 Å². The number of primary sulfonamides is 1. The number of nitrogens with two attached hydrogens (primary N) is 1. The summed E-state index contributed by atoms with van der Waals surface area (Å²) in [7, 11) is -3.59. The average molecular weight is 362 g/mol. The Balaban J connectivity index is 0.00000264. The number of sulfonamides is 1. The zero-order valence-electron chi connectivity index (χ0n) is 13.0. The van der Waals surface area contributed by atoms with Gasteiger partial charge in [0.2, 0.25) is 10.0 Å². The Bertz CT molecular complexity index is 616. The molecule has 1 atom stereocenters. The Hall–Kier alpha value is -1.15. The first-order chi connectivity index (χ1) is 10.4. The molecule has 0 spiro atoms. The summed E-state index contributed by atoms with van der Waals surface area (Å²) in [6.07, 6.45) is 3.34. The van der Waals surface area contributed by atoms with Crippen LogP contribution in [0.3, 0.4) is 0 Å². The maximum absolute atomic E-state index is 12.1. The fourth-order valence-corrected chi connectivity index (χ4v) is 3.34. The molecule has 0 aliphatic carbocycles. The first-order valence-electron chi connectivity index (χ1n) is 7.52. The van der Waals surface area contributed by atoms with Gasteiger partial charge in [0.1, 0.15) is 0 Å². The molecule has 4 N–H and O–H groups in total. The summed E-state index contributed by atoms with van der Waals surface area (Å²) in [6.45, 7) is 2.73. The van der Waals surface area contributed by atoms with Crippen molar-refractivity contribution in [3.05, 3.63) is 35.4 Å². The molecule has 0 saturated carbocycles. The van der Waals surface area contributed by atoms with E-state index in [1.54, 1.807) is 24.3 Å². The molecule has 0 aromatic heterocycles. The van der Waals surface area contributed by atoms with E-state index in [-0.39, 0.29) is 24.1 Å². The molecule has 1 heterocycles. The highest BCUT2D eigenvalue weighted by molar-refractivity contribution is 7.88. The fourth-order valence-electron chi connectivity index (χ4n) is 2.70. The number of benzene rings is 1. The van der Waals surface area contributed by atoms with Crippen molar-refractivity contribution in [1.82, 2.24) is 10.6 Å². The van der Waals surface area contributed by atoms with Crippen LogP contribution in [-0.4, -0.2) is 34.0 Å². The van der Waals surface area contributed by atoms with Gasteiger partial charge in [-0.1, -0.05) is 12.1 Å². The zero-order chi connectivity index (χ0) is 16.0. The molecule has 23 heavy (non-hydrogen) atoms. The standard InChI is InChI=1S/C15H23N3O3S.ClH/c16-22(20,21)11-13-3-1-5-14(9-13)15(19)18-8-6-12-4-2-7-17-10-12;/h1,3,5,9,12,17H,2,4,6-8,10-11H2,(H,18,19)(H2,16,20,21);1H. The summed E-state index contributed by atoms with van der Waals surface area (Å²) in [5.41, 5.74) is 0.981. The fraction of sp³-hybridized carbons (Fsp3) is 0.533. The van der Waals surface area contributed by atoms with Crippen molar-refractivity contribution in [1.29, 1.82) is 0 Å². The highest BCUT2D eigenvalue weighted by Crippen LogP contribution is 2.13. The Morgan fingerprint density at radius 1 is 1.39 bits per heavy atom. The molecule has 2 rings (SSSR count). The largest absolute Gasteiger partial charge is 0.352 e. The van der Waals surface area contributed by atoms with Gasteiger partial charge in [-0.25, -0.2) is 13.6 Å². The first-order valence-corrected chi connectivity index (χ1v) is 9.24. The van der Waals surface area contributed by atoms with Crippen LogP contribution in [-0.2, 0) is 15.8 Å². The molecule has 6 nitrogen and oxygen atoms in total. The summed E-state index contributed by atoms with van der Waals surface area (Å²) in [5, 5.41) is 11.3. The average Bonchev–Trinajstić information content (AvgIpc) is 2.47. The molecule has 1 fully saturated rings. The van der Waals surface area contributed by atoms with Gasteiger partial charge in [-0.05, 0) is 56.0 Å². The molecule has 1 aliphatic rings. The number of rotatable bonds is 6. The topological polar surface area (TPSA) is 101 Å². The lowest BCUT2D eigenvalue weighted by Gasteiger charge is -2.22. The van der Waals surface area contributed by atoms with Crippen LogP contribution in [0.25, 0.3) is 0 Å². The third kappa shape index (κ3) is 7.30. The van der Waals surface area contributed by atoms with Gasteiger partial charge in [0, 0.05) is 12.1 Å². The molecule has 1 aromatic rings. The highest BCUT2D eigenvalue weighted by atomic mass is 35.5. The zero-order valence-corrected chi connectivity index (χ0v) is 14.6. The van der Waals surface area contributed by atoms with Crippen molar-refractivity contribution >= 4 is 28.3 Å². The molecule has 1 aromatic carbocycles. The number of hydrogen-bond donors (Lipinski definition) is 3. The first kappa shape index (κ1) is 19.9. The maximum Gasteiger partial charge on any atom is 0.251 e. The number of nitrogens with one attached hydrogen (secondary N) is 2. The third-order valence-electron chi connectivity index (χ3n) is 3.79. The van der Waals surface area contributed by atoms with Crippen LogP contribution < -0.4 is 15.8 Å². The van der Waals surface area contributed by atoms with E-state index >= 15 is 0 Å². The minimum Gasteiger partial charge on any atom is -0.352 e. The Kier molecular flexibility index (Phi) is 7.98. The lowest BCUT2D eigenvalue weighted by atomic mass is 9.96. The van der Waals surface area contributed by atoms with Gasteiger partial charge < -0.3 is 10.6 Å². The number of hydrogen-bond acceptors (Lipinski definition) is 4. The summed E-state index contributed by atoms with van der Waals surface area (Å²) in [4.78, 5) is 12.1. The second-order valence-electron chi connectivity index (χ2n) is 5.76. The van der Waals surface area contributed by atoms with Crippen molar-refractivity contribution < 1.29 is 13.2 Å². The molecular weight excluding hydrogens is 338 g/mol. The molecule has 8 heteroatoms. The Labute approximate surface area is 143 Å². The van der Waals surface area contributed by atoms with Crippen molar-refractivity contribution in [3.63, 3.8) is 0 Å². The Morgan fingerprint density at radius 3 is 2.83 bits per heavy atom. The van der Waals surface area contributed by atoms with Gasteiger partial charge >= 0.3 is 0 Å². The van der Waals surface area contributed by atoms with E-state index in [1.807, 2.05) is 0 Å². The minimum atomic E-state index is -3.59. The SMILES string of the molecule is Cl.NS(=O)(=O)Cc1cccc(C(=O)NCCC2CCCNC2)c1. The van der Waals surface area contributed by atoms with Crippen LogP contribution in [0.5, 0.6) is 0 Å². The molecule has 1 amide bonds. The maximum atomic E-state index is 12.1. The molecule has 1 saturated heterocycles. The van der Waals surface area contributed by atoms with Crippen LogP contribution in [0.2, 0.25) is 0 Å². The summed E-state index contributed by atoms with van der Waals surface area (Å²) in [6, 6.07) is 6.56. The van der Waals surface area contributed by atoms with Gasteiger partial charge in [-0.2, -0.15) is 0 Å². The molecule has 0 bridgehead atoms. The van der Waals surface area contributed by atoms with E-state index in [4.69, 9.17) is 5.14 Å². The van der Waals surface area contributed by atoms with Gasteiger partial charge in [0.05, 0.1) is 5.75 Å². The van der Waals surface area contributed by atoms with Crippen LogP contribution in [0, 0.1) is 5.92 Å². The predicted molar refractivity (Wildman–Crippen MR) is 93.0 cm³/mol. The van der Waals surface area contributed by atoms with E-state index in [9.17, 15) is 13.2 Å². The van der Waals surface area contributed by atoms with Crippen molar-refractivity contribution in [2.75, 3.05) is 19.6 Å². The second-order valence-corrected chi connectivity index (χ2v) is 7.38. The van der Waals surface area contributed by atoms with Crippen LogP contribution in [0.15, 0.2) is 24.3 Å². The lowest BCUT2D eigenvalue weighted by molar-refractivity contribution is 0.0950. The second kappa shape index (κ2) is 9.22. The molecule has 130 valence electrons. The number of piperidine rings is 1. The lowest BCUT2D eigenvalue weighted by Crippen LogP contribution is -2.33. The summed E-state index contributed by atoms with van der Waals surface area (Å²) < 4.78 is 22.2. The number of carbonyl (C=O) groups excluding carboxylic acids is 1. The monoisotopic (exact) mass is 361 g/mol. The van der Waals surface area contributed by atoms with E-state index < -0.39 is 10.0 Å². The molecule has 1 unspecified atom stereocenters. The van der Waals surface area contributed by atoms with Gasteiger partial charge in [0.25, 0.3) is 5.91 Å². The van der Waals surface area contributed by atoms with Crippen molar-refractivity contribution in [3.8, 4) is 0 Å². The summed E-state index contributed by atoms with van der Waals surface area (Å²) >= 11 is 0. The van der Waals surface area contributed by atoms with Crippen LogP contribution >= 0.6 is 12.4 Å². The van der Waals surface area contributed by atoms with Gasteiger partial charge in [-0.3, -0.25) is 4.79 Å². The Morgan fingerprint density at radius 2 is 2.17 bits per heavy atom. The minimum absolute atomic E-state index is 0. The number of amides is 1. The molecular formula is C15H24ClN3O3S. The van der Waals surface area contributed by atoms with Crippen molar-refractivity contribution in [2.45, 2.75) is 25.0 Å². The predicted octanol–water partition coefficient (Wildman–Crippen LogP) is 1.02. The van der Waals surface area contributed by atoms with E-state index in [0.29, 0.717) is 23.6 Å². The summed E-state index contributed by atoms with van der Waals surface area (Å²) in [5.74, 6) is 0.171. The van der Waals surface area contributed by atoms with E-state index in [2.05, 4.69) is 10.6 Å².